The quantitative estimate of drug-likeness (QED) is 0.359. The third kappa shape index (κ3) is 9.31. The molecule has 0 spiro atoms. The zero-order valence-corrected chi connectivity index (χ0v) is 8.57. The molecule has 0 rings (SSSR count). The topological polar surface area (TPSA) is 66.8 Å². The number of hydrogen-bond donors (Lipinski definition) is 2. The van der Waals surface area contributed by atoms with Gasteiger partial charge in [-0.3, -0.25) is 0 Å². The predicted molar refractivity (Wildman–Crippen MR) is 56.3 cm³/mol. The van der Waals surface area contributed by atoms with Gasteiger partial charge in [0.15, 0.2) is 0 Å². The second-order valence-corrected chi connectivity index (χ2v) is 3.39. The van der Waals surface area contributed by atoms with Crippen LogP contribution in [0.5, 0.6) is 0 Å². The van der Waals surface area contributed by atoms with E-state index in [1.54, 1.807) is 6.08 Å². The Morgan fingerprint density at radius 3 is 2.93 bits per heavy atom. The molecule has 0 saturated heterocycles. The summed E-state index contributed by atoms with van der Waals surface area (Å²) in [5.41, 5.74) is 0. The second-order valence-electron chi connectivity index (χ2n) is 2.45. The summed E-state index contributed by atoms with van der Waals surface area (Å²) >= 11 is 1.23. The fraction of sp³-hybridized carbons (Fsp3) is 0.444. The monoisotopic (exact) mass is 218 g/mol. The van der Waals surface area contributed by atoms with Gasteiger partial charge >= 0.3 is 5.97 Å². The van der Waals surface area contributed by atoms with Gasteiger partial charge in [0.1, 0.15) is 0 Å². The van der Waals surface area contributed by atoms with Crippen LogP contribution in [-0.4, -0.2) is 41.3 Å². The van der Waals surface area contributed by atoms with E-state index in [9.17, 15) is 9.90 Å². The lowest BCUT2D eigenvalue weighted by atomic mass is 10.4. The first kappa shape index (κ1) is 13.2. The summed E-state index contributed by atoms with van der Waals surface area (Å²) in [6.45, 7) is 4.11. The van der Waals surface area contributed by atoms with Gasteiger partial charge in [-0.05, 0) is 5.41 Å². The smallest absolute Gasteiger partial charge is 0.328 e. The van der Waals surface area contributed by atoms with E-state index in [4.69, 9.17) is 9.84 Å². The fourth-order valence-electron chi connectivity index (χ4n) is 0.608. The maximum Gasteiger partial charge on any atom is 0.328 e. The molecule has 0 aliphatic heterocycles. The van der Waals surface area contributed by atoms with Crippen molar-refractivity contribution in [2.45, 2.75) is 6.10 Å². The van der Waals surface area contributed by atoms with E-state index in [1.165, 1.54) is 17.2 Å². The van der Waals surface area contributed by atoms with Crippen molar-refractivity contribution in [3.05, 3.63) is 24.1 Å². The van der Waals surface area contributed by atoms with E-state index in [2.05, 4.69) is 6.58 Å². The zero-order valence-electron chi connectivity index (χ0n) is 7.76. The molecule has 0 aliphatic rings. The molecular formula is C9H14O4S. The van der Waals surface area contributed by atoms with Gasteiger partial charge in [0, 0.05) is 11.8 Å². The Balaban J connectivity index is 3.39. The van der Waals surface area contributed by atoms with Crippen molar-refractivity contribution in [3.8, 4) is 0 Å². The van der Waals surface area contributed by atoms with Gasteiger partial charge < -0.3 is 14.9 Å². The molecule has 0 fully saturated rings. The van der Waals surface area contributed by atoms with Crippen molar-refractivity contribution >= 4 is 17.7 Å². The first-order chi connectivity index (χ1) is 6.66. The Kier molecular flexibility index (Phi) is 8.31. The molecule has 80 valence electrons. The minimum atomic E-state index is -0.991. The van der Waals surface area contributed by atoms with E-state index in [1.807, 2.05) is 0 Å². The molecule has 4 nitrogen and oxygen atoms in total. The molecule has 14 heavy (non-hydrogen) atoms. The predicted octanol–water partition coefficient (Wildman–Crippen LogP) is 0.881. The van der Waals surface area contributed by atoms with Crippen molar-refractivity contribution in [3.63, 3.8) is 0 Å². The zero-order chi connectivity index (χ0) is 10.8. The molecule has 2 N–H and O–H groups in total. The normalized spacial score (nSPS) is 12.9. The van der Waals surface area contributed by atoms with Crippen LogP contribution in [0.2, 0.25) is 0 Å². The highest BCUT2D eigenvalue weighted by molar-refractivity contribution is 8.02. The molecule has 0 saturated carbocycles. The maximum absolute atomic E-state index is 10.1. The van der Waals surface area contributed by atoms with E-state index in [0.717, 1.165) is 6.08 Å². The van der Waals surface area contributed by atoms with Gasteiger partial charge in [-0.2, -0.15) is 0 Å². The molecule has 5 heteroatoms. The lowest BCUT2D eigenvalue weighted by molar-refractivity contribution is -0.131. The largest absolute Gasteiger partial charge is 0.478 e. The average molecular weight is 218 g/mol. The Labute approximate surface area is 87.3 Å². The molecule has 1 unspecified atom stereocenters. The van der Waals surface area contributed by atoms with Gasteiger partial charge in [-0.15, -0.1) is 18.3 Å². The number of carboxylic acid groups (broad SMARTS) is 1. The summed E-state index contributed by atoms with van der Waals surface area (Å²) < 4.78 is 5.00. The summed E-state index contributed by atoms with van der Waals surface area (Å²) in [4.78, 5) is 10.1. The minimum Gasteiger partial charge on any atom is -0.478 e. The summed E-state index contributed by atoms with van der Waals surface area (Å²) in [6.07, 6.45) is 2.05. The van der Waals surface area contributed by atoms with Crippen LogP contribution in [0, 0.1) is 0 Å². The van der Waals surface area contributed by atoms with Gasteiger partial charge in [0.25, 0.3) is 0 Å². The Morgan fingerprint density at radius 2 is 2.36 bits per heavy atom. The van der Waals surface area contributed by atoms with E-state index < -0.39 is 12.1 Å². The fourth-order valence-corrected chi connectivity index (χ4v) is 1.25. The van der Waals surface area contributed by atoms with Gasteiger partial charge in [0.05, 0.1) is 19.3 Å². The highest BCUT2D eigenvalue weighted by Gasteiger charge is 2.02. The second kappa shape index (κ2) is 8.80. The number of hydrogen-bond acceptors (Lipinski definition) is 4. The van der Waals surface area contributed by atoms with Crippen molar-refractivity contribution in [1.82, 2.24) is 0 Å². The van der Waals surface area contributed by atoms with Gasteiger partial charge in [-0.1, -0.05) is 6.08 Å². The van der Waals surface area contributed by atoms with Crippen LogP contribution >= 0.6 is 11.8 Å². The van der Waals surface area contributed by atoms with E-state index in [-0.39, 0.29) is 6.61 Å². The highest BCUT2D eigenvalue weighted by atomic mass is 32.2. The SMILES string of the molecule is C=CCOCC(O)CSC=CC(=O)O. The first-order valence-electron chi connectivity index (χ1n) is 4.04. The van der Waals surface area contributed by atoms with Crippen LogP contribution in [0.1, 0.15) is 0 Å². The molecule has 0 amide bonds. The van der Waals surface area contributed by atoms with Crippen LogP contribution in [0.3, 0.4) is 0 Å². The summed E-state index contributed by atoms with van der Waals surface area (Å²) in [5.74, 6) is -0.573. The van der Waals surface area contributed by atoms with Crippen molar-refractivity contribution in [1.29, 1.82) is 0 Å². The summed E-state index contributed by atoms with van der Waals surface area (Å²) in [6, 6.07) is 0. The summed E-state index contributed by atoms with van der Waals surface area (Å²) in [5, 5.41) is 19.0. The average Bonchev–Trinajstić information content (AvgIpc) is 2.13. The van der Waals surface area contributed by atoms with Crippen LogP contribution in [0.15, 0.2) is 24.1 Å². The highest BCUT2D eigenvalue weighted by Crippen LogP contribution is 2.04. The standard InChI is InChI=1S/C9H14O4S/c1-2-4-13-6-8(10)7-14-5-3-9(11)12/h2-3,5,8,10H,1,4,6-7H2,(H,11,12). The number of aliphatic hydroxyl groups is 1. The van der Waals surface area contributed by atoms with Crippen LogP contribution in [-0.2, 0) is 9.53 Å². The molecule has 0 radical (unpaired) electrons. The maximum atomic E-state index is 10.1. The molecular weight excluding hydrogens is 204 g/mol. The molecule has 0 aliphatic carbocycles. The molecule has 1 atom stereocenters. The molecule has 0 aromatic rings. The summed E-state index contributed by atoms with van der Waals surface area (Å²) in [7, 11) is 0. The number of aliphatic hydroxyl groups excluding tert-OH is 1. The number of aliphatic carboxylic acids is 1. The van der Waals surface area contributed by atoms with Crippen LogP contribution < -0.4 is 0 Å². The van der Waals surface area contributed by atoms with E-state index >= 15 is 0 Å². The lowest BCUT2D eigenvalue weighted by Crippen LogP contribution is -2.17. The lowest BCUT2D eigenvalue weighted by Gasteiger charge is -2.07. The third-order valence-corrected chi connectivity index (χ3v) is 2.05. The molecule has 0 aromatic carbocycles. The number of rotatable bonds is 8. The van der Waals surface area contributed by atoms with Crippen LogP contribution in [0.25, 0.3) is 0 Å². The minimum absolute atomic E-state index is 0.236. The molecule has 0 bridgehead atoms. The van der Waals surface area contributed by atoms with E-state index in [0.29, 0.717) is 12.4 Å². The Morgan fingerprint density at radius 1 is 1.64 bits per heavy atom. The number of thioether (sulfide) groups is 1. The Hall–Kier alpha value is -0.780. The first-order valence-corrected chi connectivity index (χ1v) is 5.09. The number of carboxylic acids is 1. The van der Waals surface area contributed by atoms with Crippen molar-refractivity contribution < 1.29 is 19.7 Å². The number of carbonyl (C=O) groups is 1. The molecule has 0 aromatic heterocycles. The molecule has 0 heterocycles. The van der Waals surface area contributed by atoms with Crippen molar-refractivity contribution in [2.75, 3.05) is 19.0 Å². The Bertz CT molecular complexity index is 203. The van der Waals surface area contributed by atoms with Crippen molar-refractivity contribution in [2.24, 2.45) is 0 Å². The third-order valence-electron chi connectivity index (χ3n) is 1.14. The van der Waals surface area contributed by atoms with Crippen LogP contribution in [0.4, 0.5) is 0 Å². The van der Waals surface area contributed by atoms with Gasteiger partial charge in [-0.25, -0.2) is 4.79 Å². The number of ether oxygens (including phenoxy) is 1. The van der Waals surface area contributed by atoms with Gasteiger partial charge in [0.2, 0.25) is 0 Å².